The van der Waals surface area contributed by atoms with E-state index in [2.05, 4.69) is 38.2 Å². The van der Waals surface area contributed by atoms with E-state index in [4.69, 9.17) is 4.74 Å². The molecule has 0 unspecified atom stereocenters. The number of hydrogen-bond acceptors (Lipinski definition) is 3. The lowest BCUT2D eigenvalue weighted by atomic mass is 9.88. The Morgan fingerprint density at radius 3 is 2.04 bits per heavy atom. The van der Waals surface area contributed by atoms with E-state index in [0.29, 0.717) is 25.4 Å². The Kier molecular flexibility index (Phi) is 5.93. The van der Waals surface area contributed by atoms with Crippen molar-refractivity contribution in [2.75, 3.05) is 18.4 Å². The molecule has 1 aromatic rings. The van der Waals surface area contributed by atoms with Crippen LogP contribution in [0.25, 0.3) is 0 Å². The number of benzene rings is 1. The second-order valence-corrected chi connectivity index (χ2v) is 9.90. The standard InChI is InChI=1S/C22H34N2O3/c1-14-9-16(17-12-24(13-17)20(26)27-22(6,7)8)10-15(2)19(14)23-18(25)11-21(3,4)5/h9-10,17H,11-13H2,1-8H3,(H,23,25). The highest BCUT2D eigenvalue weighted by molar-refractivity contribution is 5.92. The summed E-state index contributed by atoms with van der Waals surface area (Å²) in [6.45, 7) is 17.2. The number of ether oxygens (including phenoxy) is 1. The number of likely N-dealkylation sites (tertiary alicyclic amines) is 1. The zero-order valence-electron chi connectivity index (χ0n) is 18.0. The highest BCUT2D eigenvalue weighted by Gasteiger charge is 2.34. The van der Waals surface area contributed by atoms with Crippen LogP contribution in [0.1, 0.15) is 70.6 Å². The summed E-state index contributed by atoms with van der Waals surface area (Å²) in [6.07, 6.45) is 0.236. The Morgan fingerprint density at radius 1 is 1.07 bits per heavy atom. The SMILES string of the molecule is Cc1cc(C2CN(C(=O)OC(C)(C)C)C2)cc(C)c1NC(=O)CC(C)(C)C. The van der Waals surface area contributed by atoms with Gasteiger partial charge in [0.1, 0.15) is 5.60 Å². The largest absolute Gasteiger partial charge is 0.444 e. The summed E-state index contributed by atoms with van der Waals surface area (Å²) in [5.74, 6) is 0.357. The van der Waals surface area contributed by atoms with Gasteiger partial charge in [-0.25, -0.2) is 4.79 Å². The van der Waals surface area contributed by atoms with Gasteiger partial charge in [-0.3, -0.25) is 4.79 Å². The van der Waals surface area contributed by atoms with Gasteiger partial charge in [-0.2, -0.15) is 0 Å². The molecule has 1 fully saturated rings. The van der Waals surface area contributed by atoms with Gasteiger partial charge in [0.2, 0.25) is 5.91 Å². The fourth-order valence-electron chi connectivity index (χ4n) is 3.26. The minimum atomic E-state index is -0.470. The third-order valence-corrected chi connectivity index (χ3v) is 4.51. The fourth-order valence-corrected chi connectivity index (χ4v) is 3.26. The van der Waals surface area contributed by atoms with Gasteiger partial charge < -0.3 is 15.0 Å². The van der Waals surface area contributed by atoms with Crippen LogP contribution in [-0.4, -0.2) is 35.6 Å². The Balaban J connectivity index is 2.02. The van der Waals surface area contributed by atoms with Gasteiger partial charge in [0.25, 0.3) is 0 Å². The summed E-state index contributed by atoms with van der Waals surface area (Å²) in [6, 6.07) is 4.24. The normalized spacial score (nSPS) is 15.3. The van der Waals surface area contributed by atoms with Crippen molar-refractivity contribution in [1.82, 2.24) is 4.90 Å². The first-order chi connectivity index (χ1) is 12.2. The molecule has 1 saturated heterocycles. The van der Waals surface area contributed by atoms with Gasteiger partial charge in [-0.1, -0.05) is 32.9 Å². The Bertz CT molecular complexity index is 697. The van der Waals surface area contributed by atoms with E-state index < -0.39 is 5.60 Å². The van der Waals surface area contributed by atoms with Gasteiger partial charge in [0.15, 0.2) is 0 Å². The molecule has 27 heavy (non-hydrogen) atoms. The molecule has 5 heteroatoms. The molecule has 2 rings (SSSR count). The van der Waals surface area contributed by atoms with Crippen LogP contribution >= 0.6 is 0 Å². The first kappa shape index (κ1) is 21.3. The number of nitrogens with one attached hydrogen (secondary N) is 1. The minimum Gasteiger partial charge on any atom is -0.444 e. The maximum absolute atomic E-state index is 12.3. The molecule has 0 spiro atoms. The molecule has 1 heterocycles. The molecular weight excluding hydrogens is 340 g/mol. The van der Waals surface area contributed by atoms with Gasteiger partial charge in [0.05, 0.1) is 0 Å². The zero-order chi connectivity index (χ0) is 20.6. The van der Waals surface area contributed by atoms with Gasteiger partial charge in [-0.15, -0.1) is 0 Å². The van der Waals surface area contributed by atoms with Gasteiger partial charge >= 0.3 is 6.09 Å². The number of nitrogens with zero attached hydrogens (tertiary/aromatic N) is 1. The number of carbonyl (C=O) groups is 2. The molecule has 0 saturated carbocycles. The van der Waals surface area contributed by atoms with Crippen LogP contribution in [0.5, 0.6) is 0 Å². The Hall–Kier alpha value is -2.04. The van der Waals surface area contributed by atoms with Crippen molar-refractivity contribution < 1.29 is 14.3 Å². The van der Waals surface area contributed by atoms with Crippen molar-refractivity contribution >= 4 is 17.7 Å². The molecule has 0 atom stereocenters. The topological polar surface area (TPSA) is 58.6 Å². The highest BCUT2D eigenvalue weighted by atomic mass is 16.6. The van der Waals surface area contributed by atoms with Crippen molar-refractivity contribution in [3.8, 4) is 0 Å². The number of anilines is 1. The highest BCUT2D eigenvalue weighted by Crippen LogP contribution is 2.33. The maximum atomic E-state index is 12.3. The van der Waals surface area contributed by atoms with Crippen LogP contribution < -0.4 is 5.32 Å². The summed E-state index contributed by atoms with van der Waals surface area (Å²) < 4.78 is 5.42. The van der Waals surface area contributed by atoms with Crippen molar-refractivity contribution in [3.05, 3.63) is 28.8 Å². The van der Waals surface area contributed by atoms with Crippen LogP contribution in [0.2, 0.25) is 0 Å². The van der Waals surface area contributed by atoms with Crippen LogP contribution in [0, 0.1) is 19.3 Å². The summed E-state index contributed by atoms with van der Waals surface area (Å²) in [4.78, 5) is 26.1. The summed E-state index contributed by atoms with van der Waals surface area (Å²) in [5, 5.41) is 3.07. The number of amides is 2. The van der Waals surface area contributed by atoms with E-state index in [1.54, 1.807) is 4.90 Å². The molecule has 0 aromatic heterocycles. The Morgan fingerprint density at radius 2 is 1.59 bits per heavy atom. The average molecular weight is 375 g/mol. The second-order valence-electron chi connectivity index (χ2n) is 9.90. The number of rotatable bonds is 3. The lowest BCUT2D eigenvalue weighted by Gasteiger charge is -2.40. The van der Waals surface area contributed by atoms with E-state index in [-0.39, 0.29) is 17.4 Å². The predicted octanol–water partition coefficient (Wildman–Crippen LogP) is 5.01. The minimum absolute atomic E-state index is 0.0388. The molecule has 1 aliphatic heterocycles. The van der Waals surface area contributed by atoms with Gasteiger partial charge in [-0.05, 0) is 56.7 Å². The van der Waals surface area contributed by atoms with Gasteiger partial charge in [0, 0.05) is 31.1 Å². The lowest BCUT2D eigenvalue weighted by Crippen LogP contribution is -2.50. The quantitative estimate of drug-likeness (QED) is 0.809. The van der Waals surface area contributed by atoms with E-state index in [1.165, 1.54) is 5.56 Å². The number of carbonyl (C=O) groups excluding carboxylic acids is 2. The molecule has 2 amide bonds. The maximum Gasteiger partial charge on any atom is 0.410 e. The molecular formula is C22H34N2O3. The monoisotopic (exact) mass is 374 g/mol. The molecule has 0 radical (unpaired) electrons. The molecule has 150 valence electrons. The first-order valence-electron chi connectivity index (χ1n) is 9.64. The molecule has 1 N–H and O–H groups in total. The zero-order valence-corrected chi connectivity index (χ0v) is 18.0. The molecule has 0 bridgehead atoms. The van der Waals surface area contributed by atoms with Crippen molar-refractivity contribution in [2.45, 2.75) is 73.3 Å². The molecule has 0 aliphatic carbocycles. The van der Waals surface area contributed by atoms with Crippen LogP contribution in [0.3, 0.4) is 0 Å². The average Bonchev–Trinajstić information content (AvgIpc) is 2.37. The summed E-state index contributed by atoms with van der Waals surface area (Å²) >= 11 is 0. The fraction of sp³-hybridized carbons (Fsp3) is 0.636. The molecule has 5 nitrogen and oxygen atoms in total. The number of aryl methyl sites for hydroxylation is 2. The molecule has 1 aliphatic rings. The summed E-state index contributed by atoms with van der Waals surface area (Å²) in [7, 11) is 0. The molecule has 1 aromatic carbocycles. The van der Waals surface area contributed by atoms with Crippen molar-refractivity contribution in [1.29, 1.82) is 0 Å². The van der Waals surface area contributed by atoms with E-state index in [0.717, 1.165) is 16.8 Å². The second kappa shape index (κ2) is 7.53. The predicted molar refractivity (Wildman–Crippen MR) is 109 cm³/mol. The third-order valence-electron chi connectivity index (χ3n) is 4.51. The van der Waals surface area contributed by atoms with Crippen molar-refractivity contribution in [2.24, 2.45) is 5.41 Å². The van der Waals surface area contributed by atoms with E-state index in [1.807, 2.05) is 34.6 Å². The van der Waals surface area contributed by atoms with Crippen LogP contribution in [0.15, 0.2) is 12.1 Å². The van der Waals surface area contributed by atoms with Crippen molar-refractivity contribution in [3.63, 3.8) is 0 Å². The Labute approximate surface area is 163 Å². The lowest BCUT2D eigenvalue weighted by molar-refractivity contribution is -0.117. The van der Waals surface area contributed by atoms with Crippen LogP contribution in [0.4, 0.5) is 10.5 Å². The van der Waals surface area contributed by atoms with Crippen LogP contribution in [-0.2, 0) is 9.53 Å². The first-order valence-corrected chi connectivity index (χ1v) is 9.64. The number of hydrogen-bond donors (Lipinski definition) is 1. The smallest absolute Gasteiger partial charge is 0.410 e. The summed E-state index contributed by atoms with van der Waals surface area (Å²) in [5.41, 5.74) is 3.71. The van der Waals surface area contributed by atoms with E-state index in [9.17, 15) is 9.59 Å². The third kappa shape index (κ3) is 5.98. The van der Waals surface area contributed by atoms with E-state index >= 15 is 0 Å².